The van der Waals surface area contributed by atoms with Gasteiger partial charge in [-0.3, -0.25) is 0 Å². The summed E-state index contributed by atoms with van der Waals surface area (Å²) in [5.74, 6) is 0.403. The lowest BCUT2D eigenvalue weighted by atomic mass is 10.2. The number of carbonyl (C=O) groups is 2. The molecule has 1 aromatic rings. The highest BCUT2D eigenvalue weighted by Crippen LogP contribution is 2.12. The van der Waals surface area contributed by atoms with Crippen molar-refractivity contribution in [1.82, 2.24) is 5.32 Å². The van der Waals surface area contributed by atoms with Crippen molar-refractivity contribution in [3.05, 3.63) is 35.9 Å². The molecule has 0 spiro atoms. The molecule has 0 heterocycles. The largest absolute Gasteiger partial charge is 0.478 e. The van der Waals surface area contributed by atoms with Crippen molar-refractivity contribution >= 4 is 35.5 Å². The zero-order valence-electron chi connectivity index (χ0n) is 12.1. The summed E-state index contributed by atoms with van der Waals surface area (Å²) >= 11 is 1.75. The molecule has 0 saturated carbocycles. The summed E-state index contributed by atoms with van der Waals surface area (Å²) in [7, 11) is 0. The minimum absolute atomic E-state index is 0.262. The number of carbonyl (C=O) groups excluding carboxylic acids is 1. The van der Waals surface area contributed by atoms with E-state index in [9.17, 15) is 9.59 Å². The van der Waals surface area contributed by atoms with Crippen LogP contribution in [0.15, 0.2) is 30.3 Å². The van der Waals surface area contributed by atoms with Gasteiger partial charge in [-0.05, 0) is 41.7 Å². The van der Waals surface area contributed by atoms with Crippen LogP contribution >= 0.6 is 11.8 Å². The molecule has 0 radical (unpaired) electrons. The Balaban J connectivity index is 2.52. The Morgan fingerprint density at radius 3 is 2.86 bits per heavy atom. The van der Waals surface area contributed by atoms with Crippen molar-refractivity contribution in [1.29, 1.82) is 0 Å². The van der Waals surface area contributed by atoms with Crippen LogP contribution in [0.3, 0.4) is 0 Å². The quantitative estimate of drug-likeness (QED) is 0.677. The molecule has 1 atom stereocenters. The number of benzene rings is 1. The van der Waals surface area contributed by atoms with Crippen LogP contribution in [0, 0.1) is 5.92 Å². The van der Waals surface area contributed by atoms with Crippen LogP contribution in [0.25, 0.3) is 6.08 Å². The molecule has 1 unspecified atom stereocenters. The van der Waals surface area contributed by atoms with Gasteiger partial charge in [-0.1, -0.05) is 19.1 Å². The van der Waals surface area contributed by atoms with Gasteiger partial charge in [0.1, 0.15) is 0 Å². The van der Waals surface area contributed by atoms with E-state index in [1.54, 1.807) is 36.0 Å². The van der Waals surface area contributed by atoms with E-state index >= 15 is 0 Å². The van der Waals surface area contributed by atoms with E-state index in [-0.39, 0.29) is 6.03 Å². The molecule has 0 aliphatic rings. The van der Waals surface area contributed by atoms with Gasteiger partial charge < -0.3 is 15.7 Å². The zero-order chi connectivity index (χ0) is 15.7. The molecule has 6 heteroatoms. The summed E-state index contributed by atoms with van der Waals surface area (Å²) < 4.78 is 0. The van der Waals surface area contributed by atoms with Crippen molar-refractivity contribution in [2.45, 2.75) is 6.92 Å². The first-order valence-electron chi connectivity index (χ1n) is 6.56. The van der Waals surface area contributed by atoms with Gasteiger partial charge in [0.25, 0.3) is 0 Å². The van der Waals surface area contributed by atoms with Crippen molar-refractivity contribution in [3.63, 3.8) is 0 Å². The second-order valence-corrected chi connectivity index (χ2v) is 5.60. The second-order valence-electron chi connectivity index (χ2n) is 4.69. The molecule has 1 rings (SSSR count). The molecule has 21 heavy (non-hydrogen) atoms. The topological polar surface area (TPSA) is 78.4 Å². The predicted octanol–water partition coefficient (Wildman–Crippen LogP) is 2.91. The molecule has 1 aromatic carbocycles. The van der Waals surface area contributed by atoms with E-state index in [0.29, 0.717) is 23.7 Å². The fourth-order valence-corrected chi connectivity index (χ4v) is 2.36. The van der Waals surface area contributed by atoms with Crippen molar-refractivity contribution < 1.29 is 14.7 Å². The molecule has 2 amide bonds. The number of carboxylic acid groups (broad SMARTS) is 1. The maximum Gasteiger partial charge on any atom is 0.328 e. The Morgan fingerprint density at radius 2 is 2.19 bits per heavy atom. The van der Waals surface area contributed by atoms with E-state index in [2.05, 4.69) is 17.6 Å². The fourth-order valence-electron chi connectivity index (χ4n) is 1.67. The Morgan fingerprint density at radius 1 is 1.43 bits per heavy atom. The molecule has 0 saturated heterocycles. The summed E-state index contributed by atoms with van der Waals surface area (Å²) in [6.07, 6.45) is 4.57. The van der Waals surface area contributed by atoms with Gasteiger partial charge in [0.15, 0.2) is 0 Å². The first kappa shape index (κ1) is 17.1. The van der Waals surface area contributed by atoms with E-state index in [1.807, 2.05) is 6.26 Å². The van der Waals surface area contributed by atoms with Crippen molar-refractivity contribution in [2.24, 2.45) is 5.92 Å². The highest BCUT2D eigenvalue weighted by atomic mass is 32.2. The van der Waals surface area contributed by atoms with E-state index in [4.69, 9.17) is 5.11 Å². The van der Waals surface area contributed by atoms with Crippen LogP contribution in [-0.4, -0.2) is 35.7 Å². The Kier molecular flexibility index (Phi) is 7.39. The molecule has 0 aliphatic heterocycles. The third kappa shape index (κ3) is 7.41. The van der Waals surface area contributed by atoms with Crippen LogP contribution in [-0.2, 0) is 4.79 Å². The molecule has 0 aromatic heterocycles. The number of anilines is 1. The highest BCUT2D eigenvalue weighted by Gasteiger charge is 2.05. The minimum atomic E-state index is -1.01. The summed E-state index contributed by atoms with van der Waals surface area (Å²) in [5, 5.41) is 14.1. The van der Waals surface area contributed by atoms with Crippen LogP contribution < -0.4 is 10.6 Å². The Bertz CT molecular complexity index is 517. The van der Waals surface area contributed by atoms with E-state index < -0.39 is 5.97 Å². The number of rotatable bonds is 7. The molecule has 3 N–H and O–H groups in total. The number of urea groups is 1. The third-order valence-electron chi connectivity index (χ3n) is 2.63. The molecule has 0 fully saturated rings. The molecule has 0 bridgehead atoms. The smallest absolute Gasteiger partial charge is 0.328 e. The van der Waals surface area contributed by atoms with E-state index in [1.165, 1.54) is 6.08 Å². The number of hydrogen-bond donors (Lipinski definition) is 3. The number of thioether (sulfide) groups is 1. The third-order valence-corrected chi connectivity index (χ3v) is 3.53. The fraction of sp³-hybridized carbons (Fsp3) is 0.333. The zero-order valence-corrected chi connectivity index (χ0v) is 12.9. The SMILES string of the molecule is CSCC(C)CNC(=O)Nc1cccc(/C=C/C(=O)O)c1. The van der Waals surface area contributed by atoms with Crippen molar-refractivity contribution in [2.75, 3.05) is 23.9 Å². The van der Waals surface area contributed by atoms with Gasteiger partial charge in [0, 0.05) is 18.3 Å². The maximum atomic E-state index is 11.8. The normalized spacial score (nSPS) is 12.1. The van der Waals surface area contributed by atoms with Crippen molar-refractivity contribution in [3.8, 4) is 0 Å². The Hall–Kier alpha value is -1.95. The van der Waals surface area contributed by atoms with Gasteiger partial charge in [0.05, 0.1) is 0 Å². The average molecular weight is 308 g/mol. The predicted molar refractivity (Wildman–Crippen MR) is 87.7 cm³/mol. The number of amides is 2. The summed E-state index contributed by atoms with van der Waals surface area (Å²) in [4.78, 5) is 22.2. The molecule has 0 aliphatic carbocycles. The molecule has 114 valence electrons. The molecular weight excluding hydrogens is 288 g/mol. The Labute approximate surface area is 128 Å². The van der Waals surface area contributed by atoms with Gasteiger partial charge in [-0.15, -0.1) is 0 Å². The van der Waals surface area contributed by atoms with Crippen LogP contribution in [0.5, 0.6) is 0 Å². The standard InChI is InChI=1S/C15H20N2O3S/c1-11(10-21-2)9-16-15(20)17-13-5-3-4-12(8-13)6-7-14(18)19/h3-8,11H,9-10H2,1-2H3,(H,18,19)(H2,16,17,20)/b7-6+. The number of carboxylic acids is 1. The average Bonchev–Trinajstić information content (AvgIpc) is 2.44. The lowest BCUT2D eigenvalue weighted by molar-refractivity contribution is -0.131. The van der Waals surface area contributed by atoms with Gasteiger partial charge in [-0.25, -0.2) is 9.59 Å². The first-order chi connectivity index (χ1) is 10.0. The van der Waals surface area contributed by atoms with Crippen LogP contribution in [0.2, 0.25) is 0 Å². The van der Waals surface area contributed by atoms with Crippen LogP contribution in [0.4, 0.5) is 10.5 Å². The second kappa shape index (κ2) is 9.07. The summed E-state index contributed by atoms with van der Waals surface area (Å²) in [5.41, 5.74) is 1.34. The minimum Gasteiger partial charge on any atom is -0.478 e. The highest BCUT2D eigenvalue weighted by molar-refractivity contribution is 7.98. The monoisotopic (exact) mass is 308 g/mol. The molecule has 5 nitrogen and oxygen atoms in total. The van der Waals surface area contributed by atoms with Gasteiger partial charge in [-0.2, -0.15) is 11.8 Å². The lowest BCUT2D eigenvalue weighted by Gasteiger charge is -2.12. The summed E-state index contributed by atoms with van der Waals surface area (Å²) in [6, 6.07) is 6.73. The first-order valence-corrected chi connectivity index (χ1v) is 7.95. The van der Waals surface area contributed by atoms with Gasteiger partial charge >= 0.3 is 12.0 Å². The molecular formula is C15H20N2O3S. The number of hydrogen-bond acceptors (Lipinski definition) is 3. The van der Waals surface area contributed by atoms with E-state index in [0.717, 1.165) is 11.8 Å². The summed E-state index contributed by atoms with van der Waals surface area (Å²) in [6.45, 7) is 2.69. The van der Waals surface area contributed by atoms with Gasteiger partial charge in [0.2, 0.25) is 0 Å². The van der Waals surface area contributed by atoms with Crippen LogP contribution in [0.1, 0.15) is 12.5 Å². The lowest BCUT2D eigenvalue weighted by Crippen LogP contribution is -2.32. The number of nitrogens with one attached hydrogen (secondary N) is 2. The number of aliphatic carboxylic acids is 1. The maximum absolute atomic E-state index is 11.8.